The second kappa shape index (κ2) is 9.78. The molecule has 7 heterocycles. The van der Waals surface area contributed by atoms with Crippen LogP contribution in [0, 0.1) is 11.6 Å². The number of aromatic hydroxyl groups is 1. The van der Waals surface area contributed by atoms with Crippen molar-refractivity contribution in [3.63, 3.8) is 0 Å². The van der Waals surface area contributed by atoms with Crippen LogP contribution in [-0.4, -0.2) is 86.3 Å². The predicted molar refractivity (Wildman–Crippen MR) is 153 cm³/mol. The Balaban J connectivity index is 1.31. The average molecular weight is 596 g/mol. The minimum atomic E-state index is -2.40. The van der Waals surface area contributed by atoms with E-state index in [1.165, 1.54) is 18.3 Å². The number of halogens is 3. The van der Waals surface area contributed by atoms with Crippen molar-refractivity contribution in [3.8, 4) is 17.4 Å². The maximum Gasteiger partial charge on any atom is 0.319 e. The van der Waals surface area contributed by atoms with Crippen molar-refractivity contribution in [2.45, 2.75) is 55.9 Å². The largest absolute Gasteiger partial charge is 0.508 e. The average Bonchev–Trinajstić information content (AvgIpc) is 3.57. The van der Waals surface area contributed by atoms with Crippen molar-refractivity contribution in [1.82, 2.24) is 30.0 Å². The summed E-state index contributed by atoms with van der Waals surface area (Å²) in [5.74, 6) is -2.30. The molecule has 5 fully saturated rings. The number of phenols is 1. The summed E-state index contributed by atoms with van der Waals surface area (Å²) in [4.78, 5) is 27.0. The number of nitrogens with one attached hydrogen (secondary N) is 1. The van der Waals surface area contributed by atoms with Crippen molar-refractivity contribution in [2.24, 2.45) is 0 Å². The summed E-state index contributed by atoms with van der Waals surface area (Å²) in [7, 11) is 0. The first-order valence-corrected chi connectivity index (χ1v) is 14.5. The van der Waals surface area contributed by atoms with Crippen LogP contribution >= 0.6 is 0 Å². The van der Waals surface area contributed by atoms with Crippen molar-refractivity contribution in [2.75, 3.05) is 37.6 Å². The van der Waals surface area contributed by atoms with E-state index in [0.717, 1.165) is 29.7 Å². The molecule has 13 heteroatoms. The topological polar surface area (TPSA) is 109 Å². The van der Waals surface area contributed by atoms with Gasteiger partial charge in [-0.25, -0.2) is 13.2 Å². The van der Waals surface area contributed by atoms with E-state index >= 15 is 4.39 Å². The molecule has 5 aliphatic heterocycles. The van der Waals surface area contributed by atoms with Gasteiger partial charge in [0.15, 0.2) is 11.6 Å². The van der Waals surface area contributed by atoms with Gasteiger partial charge < -0.3 is 20.1 Å². The molecule has 0 spiro atoms. The number of hydrogen-bond acceptors (Lipinski definition) is 9. The first-order chi connectivity index (χ1) is 21.5. The van der Waals surface area contributed by atoms with Crippen molar-refractivity contribution >= 4 is 27.5 Å². The molecule has 0 radical (unpaired) electrons. The molecule has 9 rings (SSSR count). The summed E-state index contributed by atoms with van der Waals surface area (Å²) in [5.41, 5.74) is -2.42. The molecule has 5 saturated heterocycles. The number of ether oxygens (including phenoxy) is 1. The first kappa shape index (κ1) is 24.5. The molecule has 2 N–H and O–H groups in total. The maximum atomic E-state index is 15.1. The van der Waals surface area contributed by atoms with Crippen LogP contribution in [0.15, 0.2) is 35.3 Å². The van der Waals surface area contributed by atoms with Crippen molar-refractivity contribution in [3.05, 3.63) is 52.5 Å². The van der Waals surface area contributed by atoms with Gasteiger partial charge in [0, 0.05) is 49.6 Å². The zero-order valence-electron chi connectivity index (χ0n) is 25.1. The summed E-state index contributed by atoms with van der Waals surface area (Å²) in [6.45, 7) is -0.473. The maximum absolute atomic E-state index is 15.1. The van der Waals surface area contributed by atoms with Crippen LogP contribution in [0.5, 0.6) is 11.8 Å². The lowest BCUT2D eigenvalue weighted by Gasteiger charge is -2.46. The number of piperidine rings is 2. The Morgan fingerprint density at radius 2 is 2.09 bits per heavy atom. The Hall–Kier alpha value is -3.97. The third-order valence-corrected chi connectivity index (χ3v) is 9.36. The Labute approximate surface area is 246 Å². The molecule has 10 nitrogen and oxygen atoms in total. The number of benzene rings is 2. The number of fused-ring (bicyclic) bond motifs is 6. The Kier molecular flexibility index (Phi) is 5.56. The number of nitrogens with zero attached hydrogens (tertiary/aromatic N) is 6. The quantitative estimate of drug-likeness (QED) is 0.360. The summed E-state index contributed by atoms with van der Waals surface area (Å²) in [6, 6.07) is 4.40. The number of aromatic nitrogens is 4. The van der Waals surface area contributed by atoms with Crippen LogP contribution in [0.4, 0.5) is 19.0 Å². The minimum absolute atomic E-state index is 0.0363. The van der Waals surface area contributed by atoms with E-state index in [-0.39, 0.29) is 58.2 Å². The summed E-state index contributed by atoms with van der Waals surface area (Å²) in [6.07, 6.45) is 3.05. The number of hydrogen-bond donors (Lipinski definition) is 2. The Bertz CT molecular complexity index is 1920. The van der Waals surface area contributed by atoms with Gasteiger partial charge in [-0.1, -0.05) is 6.07 Å². The second-order valence-electron chi connectivity index (χ2n) is 12.0. The molecule has 224 valence electrons. The monoisotopic (exact) mass is 595 g/mol. The lowest BCUT2D eigenvalue weighted by atomic mass is 9.93. The van der Waals surface area contributed by atoms with Gasteiger partial charge in [-0.05, 0) is 49.7 Å². The number of piperazine rings is 1. The fourth-order valence-electron chi connectivity index (χ4n) is 7.32. The smallest absolute Gasteiger partial charge is 0.319 e. The number of phenolic OH excluding ortho intramolecular Hbond substituents is 1. The lowest BCUT2D eigenvalue weighted by molar-refractivity contribution is 0.107. The van der Waals surface area contributed by atoms with E-state index in [9.17, 15) is 18.7 Å². The van der Waals surface area contributed by atoms with Gasteiger partial charge in [-0.15, -0.1) is 0 Å². The summed E-state index contributed by atoms with van der Waals surface area (Å²) in [5, 5.41) is 18.3. The molecule has 4 aromatic rings. The van der Waals surface area contributed by atoms with Crippen molar-refractivity contribution in [1.29, 1.82) is 0 Å². The highest BCUT2D eigenvalue weighted by Gasteiger charge is 2.49. The van der Waals surface area contributed by atoms with Gasteiger partial charge in [-0.2, -0.15) is 19.7 Å². The zero-order chi connectivity index (χ0) is 31.2. The third kappa shape index (κ3) is 4.23. The molecule has 0 amide bonds. The van der Waals surface area contributed by atoms with Crippen LogP contribution in [0.3, 0.4) is 0 Å². The van der Waals surface area contributed by atoms with Gasteiger partial charge in [0.25, 0.3) is 5.56 Å². The highest BCUT2D eigenvalue weighted by molar-refractivity contribution is 5.93. The lowest BCUT2D eigenvalue weighted by Crippen LogP contribution is -2.61. The van der Waals surface area contributed by atoms with Gasteiger partial charge in [0.2, 0.25) is 0 Å². The van der Waals surface area contributed by atoms with E-state index in [4.69, 9.17) is 7.48 Å². The minimum Gasteiger partial charge on any atom is -0.508 e. The second-order valence-corrected chi connectivity index (χ2v) is 12.0. The van der Waals surface area contributed by atoms with Crippen LogP contribution in [0.1, 0.15) is 34.8 Å². The van der Waals surface area contributed by atoms with Gasteiger partial charge >= 0.3 is 6.01 Å². The van der Waals surface area contributed by atoms with E-state index in [1.807, 2.05) is 4.90 Å². The van der Waals surface area contributed by atoms with E-state index in [2.05, 4.69) is 20.4 Å². The van der Waals surface area contributed by atoms with Crippen LogP contribution in [0.2, 0.25) is 0 Å². The zero-order valence-corrected chi connectivity index (χ0v) is 23.1. The van der Waals surface area contributed by atoms with E-state index in [1.54, 1.807) is 4.90 Å². The molecule has 0 aliphatic carbocycles. The van der Waals surface area contributed by atoms with Gasteiger partial charge in [0.05, 0.1) is 25.6 Å². The number of alkyl halides is 1. The van der Waals surface area contributed by atoms with Crippen LogP contribution < -0.4 is 20.5 Å². The molecule has 43 heavy (non-hydrogen) atoms. The highest BCUT2D eigenvalue weighted by atomic mass is 19.2. The Morgan fingerprint density at radius 1 is 1.21 bits per heavy atom. The Morgan fingerprint density at radius 3 is 2.88 bits per heavy atom. The SMILES string of the molecule is [2H]C([2H])(Oc1nc(N2CC3CCC2CN3)c2cnn(-c3cc(O)cc4ccc(F)c(F)c34)c(=O)c2n1)[C@@]12CCCN1C[C@H](F)C2. The first-order valence-electron chi connectivity index (χ1n) is 15.5. The number of anilines is 1. The van der Waals surface area contributed by atoms with Crippen LogP contribution in [0.25, 0.3) is 27.4 Å². The molecular weight excluding hydrogens is 563 g/mol. The summed E-state index contributed by atoms with van der Waals surface area (Å²) < 4.78 is 68.8. The third-order valence-electron chi connectivity index (χ3n) is 9.36. The van der Waals surface area contributed by atoms with Crippen molar-refractivity contribution < 1.29 is 25.8 Å². The molecule has 2 aromatic carbocycles. The predicted octanol–water partition coefficient (Wildman–Crippen LogP) is 3.21. The van der Waals surface area contributed by atoms with Gasteiger partial charge in [-0.3, -0.25) is 9.69 Å². The van der Waals surface area contributed by atoms with E-state index in [0.29, 0.717) is 38.3 Å². The fraction of sp³-hybridized carbons (Fsp3) is 0.467. The molecule has 0 saturated carbocycles. The summed E-state index contributed by atoms with van der Waals surface area (Å²) >= 11 is 0. The molecule has 4 atom stereocenters. The standard InChI is InChI=1S/C30H30F3N7O3/c31-17-10-30(6-1-7-38(30)13-17)15-43-29-36-26-21(27(37-29)39-14-18-3-4-19(39)11-34-18)12-35-40(28(26)42)23-9-20(41)8-16-2-5-22(32)25(33)24(16)23/h2,5,8-9,12,17-19,34,41H,1,3-4,6-7,10-11,13-15H2/t17-,18?,19?,30+/m1/s1/i15D2. The van der Waals surface area contributed by atoms with Crippen LogP contribution in [-0.2, 0) is 0 Å². The number of rotatable bonds is 5. The highest BCUT2D eigenvalue weighted by Crippen LogP contribution is 2.41. The molecular formula is C30H30F3N7O3. The van der Waals surface area contributed by atoms with E-state index < -0.39 is 41.5 Å². The normalized spacial score (nSPS) is 28.0. The molecule has 2 aromatic heterocycles. The molecule has 5 aliphatic rings. The molecule has 2 unspecified atom stereocenters. The van der Waals surface area contributed by atoms with Gasteiger partial charge in [0.1, 0.15) is 29.8 Å². The fourth-order valence-corrected chi connectivity index (χ4v) is 7.32. The molecule has 2 bridgehead atoms.